The number of thiocarbonyl (C=S) groups is 1. The largest absolute Gasteiger partial charge is 0.368 e. The van der Waals surface area contributed by atoms with Crippen LogP contribution in [0, 0.1) is 0 Å². The summed E-state index contributed by atoms with van der Waals surface area (Å²) in [5.74, 6) is 0. The third-order valence-corrected chi connectivity index (χ3v) is 4.94. The number of nitrogens with zero attached hydrogens (tertiary/aromatic N) is 2. The summed E-state index contributed by atoms with van der Waals surface area (Å²) in [7, 11) is 0. The van der Waals surface area contributed by atoms with Gasteiger partial charge in [0.05, 0.1) is 0 Å². The lowest BCUT2D eigenvalue weighted by molar-refractivity contribution is 0.380. The number of hydrogen-bond donors (Lipinski definition) is 1. The summed E-state index contributed by atoms with van der Waals surface area (Å²) in [6.45, 7) is 6.96. The normalized spacial score (nSPS) is 14.5. The van der Waals surface area contributed by atoms with Gasteiger partial charge in [0.15, 0.2) is 5.11 Å². The first-order chi connectivity index (χ1) is 11.8. The van der Waals surface area contributed by atoms with Crippen molar-refractivity contribution in [1.29, 1.82) is 0 Å². The van der Waals surface area contributed by atoms with Gasteiger partial charge in [0, 0.05) is 38.4 Å². The molecule has 2 aromatic rings. The molecule has 126 valence electrons. The van der Waals surface area contributed by atoms with Gasteiger partial charge in [-0.2, -0.15) is 0 Å². The molecule has 0 saturated carbocycles. The third kappa shape index (κ3) is 4.26. The van der Waals surface area contributed by atoms with Crippen LogP contribution in [0.1, 0.15) is 18.1 Å². The maximum Gasteiger partial charge on any atom is 0.169 e. The van der Waals surface area contributed by atoms with Crippen LogP contribution in [-0.2, 0) is 13.0 Å². The summed E-state index contributed by atoms with van der Waals surface area (Å²) in [5.41, 5.74) is 3.99. The monoisotopic (exact) mass is 339 g/mol. The van der Waals surface area contributed by atoms with Gasteiger partial charge in [0.1, 0.15) is 0 Å². The highest BCUT2D eigenvalue weighted by atomic mass is 32.1. The molecule has 24 heavy (non-hydrogen) atoms. The van der Waals surface area contributed by atoms with Crippen molar-refractivity contribution in [2.45, 2.75) is 19.9 Å². The summed E-state index contributed by atoms with van der Waals surface area (Å²) >= 11 is 5.56. The molecule has 0 aliphatic carbocycles. The van der Waals surface area contributed by atoms with E-state index in [0.717, 1.165) is 44.3 Å². The van der Waals surface area contributed by atoms with E-state index < -0.39 is 0 Å². The highest BCUT2D eigenvalue weighted by molar-refractivity contribution is 7.80. The number of nitrogens with one attached hydrogen (secondary N) is 1. The third-order valence-electron chi connectivity index (χ3n) is 4.54. The standard InChI is InChI=1S/C20H25N3S/c1-2-17-9-6-10-19(15-17)22-11-13-23(14-12-22)20(24)21-16-18-7-4-3-5-8-18/h3-10,15H,2,11-14,16H2,1H3,(H,21,24). The van der Waals surface area contributed by atoms with Crippen LogP contribution in [0.25, 0.3) is 0 Å². The van der Waals surface area contributed by atoms with Gasteiger partial charge in [0.2, 0.25) is 0 Å². The number of rotatable bonds is 4. The predicted octanol–water partition coefficient (Wildman–Crippen LogP) is 3.45. The minimum absolute atomic E-state index is 0.790. The summed E-state index contributed by atoms with van der Waals surface area (Å²) in [5, 5.41) is 4.24. The number of piperazine rings is 1. The molecule has 0 bridgehead atoms. The topological polar surface area (TPSA) is 18.5 Å². The van der Waals surface area contributed by atoms with Crippen LogP contribution in [0.15, 0.2) is 54.6 Å². The van der Waals surface area contributed by atoms with Crippen molar-refractivity contribution in [2.75, 3.05) is 31.1 Å². The average molecular weight is 340 g/mol. The molecule has 0 aromatic heterocycles. The van der Waals surface area contributed by atoms with Gasteiger partial charge in [-0.3, -0.25) is 0 Å². The van der Waals surface area contributed by atoms with Crippen LogP contribution in [0.5, 0.6) is 0 Å². The summed E-state index contributed by atoms with van der Waals surface area (Å²) in [6.07, 6.45) is 1.08. The Balaban J connectivity index is 1.50. The number of anilines is 1. The van der Waals surface area contributed by atoms with E-state index >= 15 is 0 Å². The van der Waals surface area contributed by atoms with E-state index in [0.29, 0.717) is 0 Å². The molecule has 0 spiro atoms. The molecular weight excluding hydrogens is 314 g/mol. The minimum atomic E-state index is 0.790. The molecule has 3 nitrogen and oxygen atoms in total. The van der Waals surface area contributed by atoms with E-state index in [2.05, 4.69) is 70.6 Å². The number of hydrogen-bond acceptors (Lipinski definition) is 2. The predicted molar refractivity (Wildman–Crippen MR) is 105 cm³/mol. The van der Waals surface area contributed by atoms with Crippen molar-refractivity contribution in [3.63, 3.8) is 0 Å². The highest BCUT2D eigenvalue weighted by Crippen LogP contribution is 2.18. The number of aryl methyl sites for hydroxylation is 1. The molecular formula is C20H25N3S. The van der Waals surface area contributed by atoms with Gasteiger partial charge in [-0.15, -0.1) is 0 Å². The molecule has 1 N–H and O–H groups in total. The summed E-state index contributed by atoms with van der Waals surface area (Å²) < 4.78 is 0. The Morgan fingerprint density at radius 2 is 1.67 bits per heavy atom. The Labute approximate surface area is 150 Å². The first-order valence-corrected chi connectivity index (χ1v) is 9.07. The van der Waals surface area contributed by atoms with Crippen LogP contribution in [0.2, 0.25) is 0 Å². The van der Waals surface area contributed by atoms with E-state index in [4.69, 9.17) is 12.2 Å². The zero-order valence-electron chi connectivity index (χ0n) is 14.2. The maximum absolute atomic E-state index is 5.56. The molecule has 1 fully saturated rings. The van der Waals surface area contributed by atoms with Gasteiger partial charge < -0.3 is 15.1 Å². The van der Waals surface area contributed by atoms with Gasteiger partial charge in [-0.25, -0.2) is 0 Å². The fraction of sp³-hybridized carbons (Fsp3) is 0.350. The Morgan fingerprint density at radius 3 is 2.38 bits per heavy atom. The van der Waals surface area contributed by atoms with E-state index in [1.807, 2.05) is 6.07 Å². The van der Waals surface area contributed by atoms with Gasteiger partial charge in [0.25, 0.3) is 0 Å². The quantitative estimate of drug-likeness (QED) is 0.860. The molecule has 0 radical (unpaired) electrons. The van der Waals surface area contributed by atoms with Crippen molar-refractivity contribution in [3.8, 4) is 0 Å². The van der Waals surface area contributed by atoms with Crippen molar-refractivity contribution >= 4 is 23.0 Å². The van der Waals surface area contributed by atoms with Gasteiger partial charge in [-0.05, 0) is 41.9 Å². The Bertz CT molecular complexity index is 664. The first kappa shape index (κ1) is 16.8. The van der Waals surface area contributed by atoms with Crippen molar-refractivity contribution in [1.82, 2.24) is 10.2 Å². The van der Waals surface area contributed by atoms with Gasteiger partial charge >= 0.3 is 0 Å². The fourth-order valence-corrected chi connectivity index (χ4v) is 3.28. The van der Waals surface area contributed by atoms with Crippen molar-refractivity contribution < 1.29 is 0 Å². The maximum atomic E-state index is 5.56. The second kappa shape index (κ2) is 8.15. The Morgan fingerprint density at radius 1 is 0.958 bits per heavy atom. The zero-order valence-corrected chi connectivity index (χ0v) is 15.1. The fourth-order valence-electron chi connectivity index (χ4n) is 3.03. The summed E-state index contributed by atoms with van der Waals surface area (Å²) in [4.78, 5) is 4.73. The van der Waals surface area contributed by atoms with Crippen LogP contribution < -0.4 is 10.2 Å². The average Bonchev–Trinajstić information content (AvgIpc) is 2.67. The zero-order chi connectivity index (χ0) is 16.8. The Kier molecular flexibility index (Phi) is 5.70. The molecule has 0 amide bonds. The molecule has 1 aliphatic heterocycles. The minimum Gasteiger partial charge on any atom is -0.368 e. The molecule has 1 heterocycles. The highest BCUT2D eigenvalue weighted by Gasteiger charge is 2.19. The van der Waals surface area contributed by atoms with Crippen LogP contribution in [0.3, 0.4) is 0 Å². The smallest absolute Gasteiger partial charge is 0.169 e. The van der Waals surface area contributed by atoms with Crippen molar-refractivity contribution in [2.24, 2.45) is 0 Å². The van der Waals surface area contributed by atoms with E-state index in [1.165, 1.54) is 16.8 Å². The van der Waals surface area contributed by atoms with E-state index in [1.54, 1.807) is 0 Å². The van der Waals surface area contributed by atoms with E-state index in [-0.39, 0.29) is 0 Å². The second-order valence-electron chi connectivity index (χ2n) is 6.14. The molecule has 1 aliphatic rings. The lowest BCUT2D eigenvalue weighted by atomic mass is 10.1. The molecule has 4 heteroatoms. The van der Waals surface area contributed by atoms with E-state index in [9.17, 15) is 0 Å². The lowest BCUT2D eigenvalue weighted by Gasteiger charge is -2.37. The molecule has 3 rings (SSSR count). The van der Waals surface area contributed by atoms with Crippen LogP contribution in [-0.4, -0.2) is 36.2 Å². The molecule has 0 atom stereocenters. The number of benzene rings is 2. The molecule has 0 unspecified atom stereocenters. The lowest BCUT2D eigenvalue weighted by Crippen LogP contribution is -2.51. The Hall–Kier alpha value is -2.07. The van der Waals surface area contributed by atoms with Gasteiger partial charge in [-0.1, -0.05) is 49.4 Å². The first-order valence-electron chi connectivity index (χ1n) is 8.67. The van der Waals surface area contributed by atoms with Crippen LogP contribution in [0.4, 0.5) is 5.69 Å². The van der Waals surface area contributed by atoms with Crippen LogP contribution >= 0.6 is 12.2 Å². The van der Waals surface area contributed by atoms with Crippen molar-refractivity contribution in [3.05, 3.63) is 65.7 Å². The second-order valence-corrected chi connectivity index (χ2v) is 6.53. The summed E-state index contributed by atoms with van der Waals surface area (Å²) in [6, 6.07) is 19.3. The SMILES string of the molecule is CCc1cccc(N2CCN(C(=S)NCc3ccccc3)CC2)c1. The molecule has 1 saturated heterocycles. The molecule has 2 aromatic carbocycles.